The number of alkyl halides is 3. The SMILES string of the molecule is Cn1nnc(Br)c1S(=O)(=O)NC1CCCCC1C(F)(F)F. The van der Waals surface area contributed by atoms with Crippen LogP contribution in [-0.2, 0) is 17.1 Å². The fourth-order valence-electron chi connectivity index (χ4n) is 2.53. The molecule has 2 atom stereocenters. The molecule has 1 fully saturated rings. The lowest BCUT2D eigenvalue weighted by Gasteiger charge is -2.33. The summed E-state index contributed by atoms with van der Waals surface area (Å²) in [6, 6.07) is -1.16. The minimum atomic E-state index is -4.42. The van der Waals surface area contributed by atoms with Gasteiger partial charge in [-0.3, -0.25) is 0 Å². The van der Waals surface area contributed by atoms with Gasteiger partial charge in [-0.2, -0.15) is 13.2 Å². The number of hydrogen-bond acceptors (Lipinski definition) is 4. The van der Waals surface area contributed by atoms with Crippen molar-refractivity contribution in [1.82, 2.24) is 19.7 Å². The van der Waals surface area contributed by atoms with Crippen molar-refractivity contribution in [2.75, 3.05) is 0 Å². The van der Waals surface area contributed by atoms with Gasteiger partial charge in [-0.1, -0.05) is 18.1 Å². The number of nitrogens with one attached hydrogen (secondary N) is 1. The molecule has 1 aliphatic carbocycles. The maximum absolute atomic E-state index is 13.0. The zero-order valence-electron chi connectivity index (χ0n) is 11.1. The van der Waals surface area contributed by atoms with Crippen molar-refractivity contribution >= 4 is 26.0 Å². The van der Waals surface area contributed by atoms with E-state index in [1.165, 1.54) is 7.05 Å². The Balaban J connectivity index is 2.27. The molecule has 0 saturated heterocycles. The van der Waals surface area contributed by atoms with Gasteiger partial charge >= 0.3 is 6.18 Å². The number of sulfonamides is 1. The predicted octanol–water partition coefficient (Wildman–Crippen LogP) is 1.98. The Bertz CT molecular complexity index is 597. The van der Waals surface area contributed by atoms with Crippen molar-refractivity contribution in [2.24, 2.45) is 13.0 Å². The minimum absolute atomic E-state index is 0.0307. The second-order valence-corrected chi connectivity index (χ2v) is 7.35. The molecule has 1 heterocycles. The molecule has 6 nitrogen and oxygen atoms in total. The normalized spacial score (nSPS) is 24.2. The highest BCUT2D eigenvalue weighted by atomic mass is 79.9. The van der Waals surface area contributed by atoms with Gasteiger partial charge in [0, 0.05) is 13.1 Å². The minimum Gasteiger partial charge on any atom is -0.235 e. The molecule has 0 aromatic carbocycles. The standard InChI is InChI=1S/C10H14BrF3N4O2S/c1-18-9(8(11)15-17-18)21(19,20)16-7-5-3-2-4-6(7)10(12,13)14/h6-7,16H,2-5H2,1H3. The molecule has 1 aromatic heterocycles. The van der Waals surface area contributed by atoms with Crippen LogP contribution in [0.1, 0.15) is 25.7 Å². The Kier molecular flexibility index (Phi) is 4.64. The van der Waals surface area contributed by atoms with Gasteiger partial charge in [-0.05, 0) is 28.8 Å². The number of hydrogen-bond donors (Lipinski definition) is 1. The summed E-state index contributed by atoms with van der Waals surface area (Å²) in [7, 11) is -2.77. The second kappa shape index (κ2) is 5.84. The molecular weight excluding hydrogens is 377 g/mol. The van der Waals surface area contributed by atoms with Crippen molar-refractivity contribution in [3.8, 4) is 0 Å². The summed E-state index contributed by atoms with van der Waals surface area (Å²) in [5, 5.41) is 6.77. The van der Waals surface area contributed by atoms with E-state index in [4.69, 9.17) is 0 Å². The Labute approximate surface area is 128 Å². The van der Waals surface area contributed by atoms with Crippen molar-refractivity contribution in [1.29, 1.82) is 0 Å². The first-order valence-electron chi connectivity index (χ1n) is 6.27. The van der Waals surface area contributed by atoms with Crippen LogP contribution in [0.25, 0.3) is 0 Å². The zero-order valence-corrected chi connectivity index (χ0v) is 13.5. The van der Waals surface area contributed by atoms with Crippen molar-refractivity contribution < 1.29 is 21.6 Å². The molecule has 120 valence electrons. The number of aromatic nitrogens is 3. The van der Waals surface area contributed by atoms with E-state index in [-0.39, 0.29) is 22.5 Å². The lowest BCUT2D eigenvalue weighted by molar-refractivity contribution is -0.187. The van der Waals surface area contributed by atoms with E-state index in [1.54, 1.807) is 0 Å². The molecule has 0 amide bonds. The monoisotopic (exact) mass is 390 g/mol. The van der Waals surface area contributed by atoms with Crippen LogP contribution in [0.3, 0.4) is 0 Å². The molecule has 1 saturated carbocycles. The Morgan fingerprint density at radius 2 is 1.95 bits per heavy atom. The van der Waals surface area contributed by atoms with Gasteiger partial charge < -0.3 is 0 Å². The van der Waals surface area contributed by atoms with Gasteiger partial charge in [0.25, 0.3) is 10.0 Å². The fourth-order valence-corrected chi connectivity index (χ4v) is 4.93. The molecule has 1 aliphatic rings. The fraction of sp³-hybridized carbons (Fsp3) is 0.800. The third-order valence-electron chi connectivity index (χ3n) is 3.48. The summed E-state index contributed by atoms with van der Waals surface area (Å²) < 4.78 is 66.6. The zero-order chi connectivity index (χ0) is 15.8. The maximum atomic E-state index is 13.0. The van der Waals surface area contributed by atoms with E-state index in [2.05, 4.69) is 31.0 Å². The average Bonchev–Trinajstić information content (AvgIpc) is 2.68. The lowest BCUT2D eigenvalue weighted by atomic mass is 9.85. The van der Waals surface area contributed by atoms with Gasteiger partial charge in [0.05, 0.1) is 5.92 Å². The van der Waals surface area contributed by atoms with Crippen LogP contribution in [0.15, 0.2) is 9.63 Å². The largest absolute Gasteiger partial charge is 0.393 e. The highest BCUT2D eigenvalue weighted by Gasteiger charge is 2.47. The molecule has 0 spiro atoms. The third kappa shape index (κ3) is 3.57. The first-order chi connectivity index (χ1) is 9.63. The smallest absolute Gasteiger partial charge is 0.235 e. The number of nitrogens with zero attached hydrogens (tertiary/aromatic N) is 3. The van der Waals surface area contributed by atoms with Crippen LogP contribution in [-0.4, -0.2) is 35.6 Å². The molecule has 1 N–H and O–H groups in total. The molecule has 0 radical (unpaired) electrons. The van der Waals surface area contributed by atoms with Gasteiger partial charge in [0.15, 0.2) is 4.60 Å². The summed E-state index contributed by atoms with van der Waals surface area (Å²) in [5.41, 5.74) is 0. The number of aryl methyl sites for hydroxylation is 1. The van der Waals surface area contributed by atoms with Crippen molar-refractivity contribution in [3.63, 3.8) is 0 Å². The summed E-state index contributed by atoms with van der Waals surface area (Å²) in [6.07, 6.45) is -3.33. The van der Waals surface area contributed by atoms with Gasteiger partial charge in [-0.15, -0.1) is 5.10 Å². The molecule has 1 aromatic rings. The van der Waals surface area contributed by atoms with Crippen LogP contribution in [0.2, 0.25) is 0 Å². The maximum Gasteiger partial charge on any atom is 0.393 e. The first kappa shape index (κ1) is 16.7. The van der Waals surface area contributed by atoms with Crippen molar-refractivity contribution in [3.05, 3.63) is 4.60 Å². The van der Waals surface area contributed by atoms with Crippen LogP contribution < -0.4 is 4.72 Å². The molecule has 0 bridgehead atoms. The van der Waals surface area contributed by atoms with E-state index in [9.17, 15) is 21.6 Å². The van der Waals surface area contributed by atoms with Gasteiger partial charge in [0.1, 0.15) is 0 Å². The third-order valence-corrected chi connectivity index (χ3v) is 5.86. The summed E-state index contributed by atoms with van der Waals surface area (Å²) in [4.78, 5) is 0. The summed E-state index contributed by atoms with van der Waals surface area (Å²) >= 11 is 2.94. The van der Waals surface area contributed by atoms with Crippen LogP contribution in [0.4, 0.5) is 13.2 Å². The highest BCUT2D eigenvalue weighted by molar-refractivity contribution is 9.10. The van der Waals surface area contributed by atoms with Crippen molar-refractivity contribution in [2.45, 2.75) is 42.9 Å². The average molecular weight is 391 g/mol. The molecule has 0 aliphatic heterocycles. The Morgan fingerprint density at radius 1 is 1.33 bits per heavy atom. The summed E-state index contributed by atoms with van der Waals surface area (Å²) in [6.45, 7) is 0. The van der Waals surface area contributed by atoms with Gasteiger partial charge in [-0.25, -0.2) is 17.8 Å². The predicted molar refractivity (Wildman–Crippen MR) is 70.8 cm³/mol. The van der Waals surface area contributed by atoms with E-state index < -0.39 is 28.2 Å². The van der Waals surface area contributed by atoms with Crippen LogP contribution >= 0.6 is 15.9 Å². The van der Waals surface area contributed by atoms with E-state index >= 15 is 0 Å². The molecule has 11 heteroatoms. The van der Waals surface area contributed by atoms with E-state index in [0.29, 0.717) is 12.8 Å². The quantitative estimate of drug-likeness (QED) is 0.855. The lowest BCUT2D eigenvalue weighted by Crippen LogP contribution is -2.47. The topological polar surface area (TPSA) is 76.9 Å². The molecular formula is C10H14BrF3N4O2S. The Hall–Kier alpha value is -0.680. The number of rotatable bonds is 3. The highest BCUT2D eigenvalue weighted by Crippen LogP contribution is 2.38. The first-order valence-corrected chi connectivity index (χ1v) is 8.55. The molecule has 2 rings (SSSR count). The Morgan fingerprint density at radius 3 is 2.48 bits per heavy atom. The van der Waals surface area contributed by atoms with E-state index in [1.807, 2.05) is 0 Å². The number of halogens is 4. The molecule has 21 heavy (non-hydrogen) atoms. The van der Waals surface area contributed by atoms with Crippen LogP contribution in [0, 0.1) is 5.92 Å². The van der Waals surface area contributed by atoms with Crippen LogP contribution in [0.5, 0.6) is 0 Å². The van der Waals surface area contributed by atoms with Gasteiger partial charge in [0.2, 0.25) is 5.03 Å². The van der Waals surface area contributed by atoms with E-state index in [0.717, 1.165) is 4.68 Å². The second-order valence-electron chi connectivity index (χ2n) is 4.97. The molecule has 2 unspecified atom stereocenters. The summed E-state index contributed by atoms with van der Waals surface area (Å²) in [5.74, 6) is -1.67.